The van der Waals surface area contributed by atoms with Crippen LogP contribution >= 0.6 is 0 Å². The first-order valence-electron chi connectivity index (χ1n) is 8.46. The van der Waals surface area contributed by atoms with Gasteiger partial charge in [-0.15, -0.1) is 0 Å². The second kappa shape index (κ2) is 7.53. The van der Waals surface area contributed by atoms with Crippen LogP contribution in [0, 0.1) is 19.7 Å². The van der Waals surface area contributed by atoms with Crippen LogP contribution in [-0.2, 0) is 17.9 Å². The van der Waals surface area contributed by atoms with Gasteiger partial charge in [0.1, 0.15) is 12.4 Å². The molecular weight excluding hydrogens is 349 g/mol. The van der Waals surface area contributed by atoms with Crippen molar-refractivity contribution < 1.29 is 14.0 Å². The molecule has 0 spiro atoms. The fraction of sp³-hybridized carbons (Fsp3) is 0.263. The minimum Gasteiger partial charge on any atom is -0.350 e. The number of aryl methyl sites for hydroxylation is 1. The van der Waals surface area contributed by atoms with Crippen molar-refractivity contribution in [3.63, 3.8) is 0 Å². The van der Waals surface area contributed by atoms with Gasteiger partial charge in [-0.05, 0) is 45.0 Å². The molecule has 0 aliphatic heterocycles. The molecule has 0 saturated carbocycles. The third-order valence-electron chi connectivity index (χ3n) is 4.35. The number of carbonyl (C=O) groups excluding carboxylic acids is 2. The number of H-pyrrole nitrogens is 1. The summed E-state index contributed by atoms with van der Waals surface area (Å²) in [6.07, 6.45) is 1.62. The predicted molar refractivity (Wildman–Crippen MR) is 97.5 cm³/mol. The van der Waals surface area contributed by atoms with Gasteiger partial charge in [-0.25, -0.2) is 4.39 Å². The largest absolute Gasteiger partial charge is 0.350 e. The molecule has 0 bridgehead atoms. The number of aromatic nitrogens is 4. The lowest BCUT2D eigenvalue weighted by Crippen LogP contribution is -2.28. The minimum atomic E-state index is -0.317. The van der Waals surface area contributed by atoms with Gasteiger partial charge in [-0.1, -0.05) is 0 Å². The Morgan fingerprint density at radius 3 is 2.56 bits per heavy atom. The van der Waals surface area contributed by atoms with Crippen LogP contribution in [0.25, 0.3) is 11.3 Å². The van der Waals surface area contributed by atoms with E-state index in [2.05, 4.69) is 20.6 Å². The van der Waals surface area contributed by atoms with Crippen molar-refractivity contribution in [3.05, 3.63) is 58.8 Å². The SMILES string of the molecule is CC(=O)c1c(C)nn(CC(=O)NCc2cn[nH]c2-c2ccc(F)cc2)c1C. The molecule has 1 amide bonds. The molecule has 8 heteroatoms. The summed E-state index contributed by atoms with van der Waals surface area (Å²) in [6, 6.07) is 6.03. The minimum absolute atomic E-state index is 0.0175. The number of halogens is 1. The molecule has 1 aromatic carbocycles. The summed E-state index contributed by atoms with van der Waals surface area (Å²) in [5, 5.41) is 14.0. The highest BCUT2D eigenvalue weighted by atomic mass is 19.1. The van der Waals surface area contributed by atoms with Crippen LogP contribution in [0.4, 0.5) is 4.39 Å². The Balaban J connectivity index is 1.67. The number of aromatic amines is 1. The molecule has 0 aliphatic carbocycles. The predicted octanol–water partition coefficient (Wildman–Crippen LogP) is 2.55. The van der Waals surface area contributed by atoms with Crippen molar-refractivity contribution in [1.29, 1.82) is 0 Å². The lowest BCUT2D eigenvalue weighted by Gasteiger charge is -2.08. The standard InChI is InChI=1S/C19H20FN5O2/c1-11-18(13(3)26)12(2)25(24-11)10-17(27)21-8-15-9-22-23-19(15)14-4-6-16(20)7-5-14/h4-7,9H,8,10H2,1-3H3,(H,21,27)(H,22,23). The fourth-order valence-corrected chi connectivity index (χ4v) is 3.06. The molecule has 2 N–H and O–H groups in total. The molecule has 7 nitrogen and oxygen atoms in total. The number of ketones is 1. The molecule has 3 rings (SSSR count). The summed E-state index contributed by atoms with van der Waals surface area (Å²) in [5.41, 5.74) is 4.12. The van der Waals surface area contributed by atoms with Gasteiger partial charge in [0.15, 0.2) is 5.78 Å². The van der Waals surface area contributed by atoms with Crippen LogP contribution in [0.2, 0.25) is 0 Å². The van der Waals surface area contributed by atoms with E-state index in [1.807, 2.05) is 0 Å². The van der Waals surface area contributed by atoms with E-state index in [4.69, 9.17) is 0 Å². The van der Waals surface area contributed by atoms with Crippen molar-refractivity contribution in [3.8, 4) is 11.3 Å². The lowest BCUT2D eigenvalue weighted by atomic mass is 10.1. The summed E-state index contributed by atoms with van der Waals surface area (Å²) in [7, 11) is 0. The van der Waals surface area contributed by atoms with E-state index >= 15 is 0 Å². The molecule has 0 radical (unpaired) electrons. The molecule has 27 heavy (non-hydrogen) atoms. The highest BCUT2D eigenvalue weighted by molar-refractivity contribution is 5.96. The van der Waals surface area contributed by atoms with E-state index in [-0.39, 0.29) is 30.6 Å². The first-order chi connectivity index (χ1) is 12.9. The smallest absolute Gasteiger partial charge is 0.242 e. The van der Waals surface area contributed by atoms with Gasteiger partial charge in [-0.2, -0.15) is 10.2 Å². The fourth-order valence-electron chi connectivity index (χ4n) is 3.06. The molecule has 2 heterocycles. The van der Waals surface area contributed by atoms with Gasteiger partial charge in [0.05, 0.1) is 23.1 Å². The van der Waals surface area contributed by atoms with Crippen LogP contribution in [0.1, 0.15) is 34.2 Å². The number of Topliss-reactive ketones (excluding diaryl/α,β-unsaturated/α-hetero) is 1. The summed E-state index contributed by atoms with van der Waals surface area (Å²) in [6.45, 7) is 5.28. The van der Waals surface area contributed by atoms with Crippen LogP contribution in [0.15, 0.2) is 30.5 Å². The van der Waals surface area contributed by atoms with Gasteiger partial charge in [0.2, 0.25) is 5.91 Å². The maximum Gasteiger partial charge on any atom is 0.242 e. The van der Waals surface area contributed by atoms with E-state index in [0.717, 1.165) is 16.8 Å². The number of nitrogens with one attached hydrogen (secondary N) is 2. The monoisotopic (exact) mass is 369 g/mol. The number of nitrogens with zero attached hydrogens (tertiary/aromatic N) is 3. The number of amides is 1. The molecule has 140 valence electrons. The zero-order chi connectivity index (χ0) is 19.6. The first-order valence-corrected chi connectivity index (χ1v) is 8.46. The van der Waals surface area contributed by atoms with Crippen LogP contribution in [0.3, 0.4) is 0 Å². The zero-order valence-corrected chi connectivity index (χ0v) is 15.3. The van der Waals surface area contributed by atoms with Gasteiger partial charge in [-0.3, -0.25) is 19.4 Å². The summed E-state index contributed by atoms with van der Waals surface area (Å²) >= 11 is 0. The second-order valence-electron chi connectivity index (χ2n) is 6.31. The molecule has 3 aromatic rings. The van der Waals surface area contributed by atoms with E-state index < -0.39 is 0 Å². The maximum atomic E-state index is 13.1. The van der Waals surface area contributed by atoms with E-state index in [9.17, 15) is 14.0 Å². The molecule has 0 atom stereocenters. The van der Waals surface area contributed by atoms with Gasteiger partial charge in [0.25, 0.3) is 0 Å². The van der Waals surface area contributed by atoms with Crippen LogP contribution in [-0.4, -0.2) is 31.7 Å². The number of benzene rings is 1. The third kappa shape index (κ3) is 3.94. The topological polar surface area (TPSA) is 92.7 Å². The average Bonchev–Trinajstić information content (AvgIpc) is 3.18. The average molecular weight is 369 g/mol. The Labute approximate surface area is 155 Å². The second-order valence-corrected chi connectivity index (χ2v) is 6.31. The molecule has 2 aromatic heterocycles. The summed E-state index contributed by atoms with van der Waals surface area (Å²) < 4.78 is 14.6. The summed E-state index contributed by atoms with van der Waals surface area (Å²) in [5.74, 6) is -0.621. The number of rotatable bonds is 6. The third-order valence-corrected chi connectivity index (χ3v) is 4.35. The quantitative estimate of drug-likeness (QED) is 0.653. The Morgan fingerprint density at radius 2 is 1.93 bits per heavy atom. The van der Waals surface area contributed by atoms with E-state index in [1.165, 1.54) is 23.7 Å². The van der Waals surface area contributed by atoms with Gasteiger partial charge >= 0.3 is 0 Å². The molecular formula is C19H20FN5O2. The number of carbonyl (C=O) groups is 2. The highest BCUT2D eigenvalue weighted by Crippen LogP contribution is 2.21. The van der Waals surface area contributed by atoms with Crippen molar-refractivity contribution >= 4 is 11.7 Å². The zero-order valence-electron chi connectivity index (χ0n) is 15.3. The van der Waals surface area contributed by atoms with Crippen molar-refractivity contribution in [2.75, 3.05) is 0 Å². The summed E-state index contributed by atoms with van der Waals surface area (Å²) in [4.78, 5) is 24.0. The van der Waals surface area contributed by atoms with Gasteiger partial charge < -0.3 is 5.32 Å². The van der Waals surface area contributed by atoms with E-state index in [1.54, 1.807) is 32.2 Å². The van der Waals surface area contributed by atoms with Gasteiger partial charge in [0, 0.05) is 23.4 Å². The maximum absolute atomic E-state index is 13.1. The molecule has 0 aliphatic rings. The van der Waals surface area contributed by atoms with Crippen molar-refractivity contribution in [2.45, 2.75) is 33.9 Å². The first kappa shape index (κ1) is 18.5. The lowest BCUT2D eigenvalue weighted by molar-refractivity contribution is -0.122. The number of hydrogen-bond acceptors (Lipinski definition) is 4. The Hall–Kier alpha value is -3.29. The Bertz CT molecular complexity index is 988. The normalized spacial score (nSPS) is 10.8. The van der Waals surface area contributed by atoms with E-state index in [0.29, 0.717) is 17.0 Å². The van der Waals surface area contributed by atoms with Crippen LogP contribution < -0.4 is 5.32 Å². The van der Waals surface area contributed by atoms with Crippen LogP contribution in [0.5, 0.6) is 0 Å². The van der Waals surface area contributed by atoms with Crippen molar-refractivity contribution in [2.24, 2.45) is 0 Å². The highest BCUT2D eigenvalue weighted by Gasteiger charge is 2.17. The number of hydrogen-bond donors (Lipinski definition) is 2. The molecule has 0 unspecified atom stereocenters. The Morgan fingerprint density at radius 1 is 1.22 bits per heavy atom. The molecule has 0 saturated heterocycles. The molecule has 0 fully saturated rings. The Kier molecular flexibility index (Phi) is 5.16. The van der Waals surface area contributed by atoms with Crippen molar-refractivity contribution in [1.82, 2.24) is 25.3 Å².